The molecular formula is C23H18N4O. The summed E-state index contributed by atoms with van der Waals surface area (Å²) in [6.45, 7) is 0.900. The third-order valence-corrected chi connectivity index (χ3v) is 5.06. The van der Waals surface area contributed by atoms with Gasteiger partial charge in [-0.1, -0.05) is 36.4 Å². The lowest BCUT2D eigenvalue weighted by atomic mass is 10.2. The lowest BCUT2D eigenvalue weighted by molar-refractivity contribution is 0.102. The van der Waals surface area contributed by atoms with Crippen molar-refractivity contribution >= 4 is 33.9 Å². The van der Waals surface area contributed by atoms with Crippen molar-refractivity contribution in [2.45, 2.75) is 6.42 Å². The highest BCUT2D eigenvalue weighted by Gasteiger charge is 2.21. The molecule has 2 aromatic carbocycles. The standard InChI is InChI=1S/C23H18N4O/c28-23(26-19-8-3-6-17-7-4-12-25-22(17)19)20-15-18(10-13-24-20)27-14-11-16-5-1-2-9-21(16)27/h1-10,12-13,15H,11,14H2,(H,26,28). The molecule has 1 aliphatic heterocycles. The van der Waals surface area contributed by atoms with Crippen LogP contribution in [0, 0.1) is 0 Å². The summed E-state index contributed by atoms with van der Waals surface area (Å²) in [5, 5.41) is 3.94. The minimum absolute atomic E-state index is 0.243. The zero-order valence-electron chi connectivity index (χ0n) is 15.2. The molecule has 28 heavy (non-hydrogen) atoms. The summed E-state index contributed by atoms with van der Waals surface area (Å²) in [5.74, 6) is -0.243. The highest BCUT2D eigenvalue weighted by atomic mass is 16.1. The highest BCUT2D eigenvalue weighted by molar-refractivity contribution is 6.07. The molecule has 1 aliphatic rings. The number of anilines is 3. The molecule has 5 heteroatoms. The minimum atomic E-state index is -0.243. The molecule has 0 fully saturated rings. The van der Waals surface area contributed by atoms with E-state index in [1.807, 2.05) is 48.5 Å². The van der Waals surface area contributed by atoms with E-state index in [1.54, 1.807) is 12.4 Å². The fraction of sp³-hybridized carbons (Fsp3) is 0.0870. The molecule has 3 heterocycles. The zero-order chi connectivity index (χ0) is 18.9. The number of nitrogens with zero attached hydrogens (tertiary/aromatic N) is 3. The first-order valence-electron chi connectivity index (χ1n) is 9.26. The van der Waals surface area contributed by atoms with E-state index in [4.69, 9.17) is 0 Å². The van der Waals surface area contributed by atoms with Crippen LogP contribution in [0.5, 0.6) is 0 Å². The molecule has 4 aromatic rings. The number of fused-ring (bicyclic) bond motifs is 2. The summed E-state index contributed by atoms with van der Waals surface area (Å²) in [6, 6.07) is 21.7. The van der Waals surface area contributed by atoms with Gasteiger partial charge in [0, 0.05) is 35.7 Å². The Morgan fingerprint density at radius 2 is 1.82 bits per heavy atom. The molecule has 0 aliphatic carbocycles. The molecule has 0 radical (unpaired) electrons. The van der Waals surface area contributed by atoms with Gasteiger partial charge in [0.25, 0.3) is 5.91 Å². The van der Waals surface area contributed by atoms with Crippen LogP contribution in [0.1, 0.15) is 16.1 Å². The number of aromatic nitrogens is 2. The number of benzene rings is 2. The maximum absolute atomic E-state index is 12.9. The van der Waals surface area contributed by atoms with Gasteiger partial charge in [0.2, 0.25) is 0 Å². The summed E-state index contributed by atoms with van der Waals surface area (Å²) < 4.78 is 0. The fourth-order valence-corrected chi connectivity index (χ4v) is 3.71. The molecule has 5 rings (SSSR count). The van der Waals surface area contributed by atoms with Gasteiger partial charge in [0.15, 0.2) is 0 Å². The summed E-state index contributed by atoms with van der Waals surface area (Å²) in [5.41, 5.74) is 5.33. The van der Waals surface area contributed by atoms with Crippen molar-refractivity contribution < 1.29 is 4.79 Å². The summed E-state index contributed by atoms with van der Waals surface area (Å²) >= 11 is 0. The molecule has 2 aromatic heterocycles. The molecule has 0 spiro atoms. The predicted octanol–water partition coefficient (Wildman–Crippen LogP) is 4.58. The van der Waals surface area contributed by atoms with Gasteiger partial charge in [0.05, 0.1) is 11.2 Å². The summed E-state index contributed by atoms with van der Waals surface area (Å²) in [4.78, 5) is 23.8. The zero-order valence-corrected chi connectivity index (χ0v) is 15.2. The van der Waals surface area contributed by atoms with E-state index in [9.17, 15) is 4.79 Å². The van der Waals surface area contributed by atoms with Crippen molar-refractivity contribution in [3.63, 3.8) is 0 Å². The SMILES string of the molecule is O=C(Nc1cccc2cccnc12)c1cc(N2CCc3ccccc32)ccn1. The van der Waals surface area contributed by atoms with E-state index in [0.29, 0.717) is 11.4 Å². The Hall–Kier alpha value is -3.73. The van der Waals surface area contributed by atoms with Gasteiger partial charge in [-0.3, -0.25) is 14.8 Å². The quantitative estimate of drug-likeness (QED) is 0.577. The van der Waals surface area contributed by atoms with E-state index in [0.717, 1.165) is 29.6 Å². The molecule has 5 nitrogen and oxygen atoms in total. The highest BCUT2D eigenvalue weighted by Crippen LogP contribution is 2.34. The summed E-state index contributed by atoms with van der Waals surface area (Å²) in [6.07, 6.45) is 4.41. The van der Waals surface area contributed by atoms with Crippen LogP contribution < -0.4 is 10.2 Å². The lowest BCUT2D eigenvalue weighted by Crippen LogP contribution is -2.17. The van der Waals surface area contributed by atoms with Crippen molar-refractivity contribution in [2.75, 3.05) is 16.8 Å². The molecule has 0 saturated heterocycles. The van der Waals surface area contributed by atoms with Crippen molar-refractivity contribution in [1.29, 1.82) is 0 Å². The average molecular weight is 366 g/mol. The first kappa shape index (κ1) is 16.4. The number of hydrogen-bond donors (Lipinski definition) is 1. The van der Waals surface area contributed by atoms with Gasteiger partial charge in [-0.05, 0) is 42.3 Å². The van der Waals surface area contributed by atoms with Gasteiger partial charge in [0.1, 0.15) is 5.69 Å². The number of rotatable bonds is 3. The van der Waals surface area contributed by atoms with E-state index in [2.05, 4.69) is 38.4 Å². The first-order valence-corrected chi connectivity index (χ1v) is 9.26. The van der Waals surface area contributed by atoms with Crippen molar-refractivity contribution in [3.05, 3.63) is 90.4 Å². The van der Waals surface area contributed by atoms with Crippen LogP contribution in [0.3, 0.4) is 0 Å². The first-order chi connectivity index (χ1) is 13.8. The van der Waals surface area contributed by atoms with Crippen LogP contribution in [0.2, 0.25) is 0 Å². The van der Waals surface area contributed by atoms with E-state index in [-0.39, 0.29) is 5.91 Å². The second-order valence-electron chi connectivity index (χ2n) is 6.76. The van der Waals surface area contributed by atoms with Gasteiger partial charge >= 0.3 is 0 Å². The maximum Gasteiger partial charge on any atom is 0.274 e. The Morgan fingerprint density at radius 1 is 0.929 bits per heavy atom. The number of pyridine rings is 2. The Bertz CT molecular complexity index is 1180. The third-order valence-electron chi connectivity index (χ3n) is 5.06. The van der Waals surface area contributed by atoms with Crippen LogP contribution in [-0.2, 0) is 6.42 Å². The van der Waals surface area contributed by atoms with E-state index >= 15 is 0 Å². The maximum atomic E-state index is 12.9. The van der Waals surface area contributed by atoms with Gasteiger partial charge in [-0.25, -0.2) is 0 Å². The van der Waals surface area contributed by atoms with E-state index < -0.39 is 0 Å². The van der Waals surface area contributed by atoms with Crippen molar-refractivity contribution in [1.82, 2.24) is 9.97 Å². The largest absolute Gasteiger partial charge is 0.341 e. The number of para-hydroxylation sites is 2. The van der Waals surface area contributed by atoms with Crippen LogP contribution >= 0.6 is 0 Å². The molecule has 1 amide bonds. The predicted molar refractivity (Wildman–Crippen MR) is 111 cm³/mol. The second kappa shape index (κ2) is 6.78. The fourth-order valence-electron chi connectivity index (χ4n) is 3.71. The Balaban J connectivity index is 1.44. The second-order valence-corrected chi connectivity index (χ2v) is 6.76. The number of carbonyl (C=O) groups is 1. The molecular weight excluding hydrogens is 348 g/mol. The third kappa shape index (κ3) is 2.87. The van der Waals surface area contributed by atoms with Crippen LogP contribution in [0.15, 0.2) is 79.1 Å². The van der Waals surface area contributed by atoms with Crippen LogP contribution in [0.25, 0.3) is 10.9 Å². The Morgan fingerprint density at radius 3 is 2.79 bits per heavy atom. The molecule has 0 unspecified atom stereocenters. The average Bonchev–Trinajstić information content (AvgIpc) is 3.18. The molecule has 0 atom stereocenters. The minimum Gasteiger partial charge on any atom is -0.341 e. The van der Waals surface area contributed by atoms with Crippen LogP contribution in [-0.4, -0.2) is 22.4 Å². The smallest absolute Gasteiger partial charge is 0.274 e. The van der Waals surface area contributed by atoms with Crippen molar-refractivity contribution in [3.8, 4) is 0 Å². The molecule has 0 bridgehead atoms. The van der Waals surface area contributed by atoms with Gasteiger partial charge in [-0.2, -0.15) is 0 Å². The number of hydrogen-bond acceptors (Lipinski definition) is 4. The number of carbonyl (C=O) groups excluding carboxylic acids is 1. The molecule has 1 N–H and O–H groups in total. The van der Waals surface area contributed by atoms with Crippen molar-refractivity contribution in [2.24, 2.45) is 0 Å². The number of nitrogens with one attached hydrogen (secondary N) is 1. The topological polar surface area (TPSA) is 58.1 Å². The Labute approximate surface area is 162 Å². The lowest BCUT2D eigenvalue weighted by Gasteiger charge is -2.20. The summed E-state index contributed by atoms with van der Waals surface area (Å²) in [7, 11) is 0. The molecule has 136 valence electrons. The van der Waals surface area contributed by atoms with E-state index in [1.165, 1.54) is 11.3 Å². The normalized spacial score (nSPS) is 12.8. The van der Waals surface area contributed by atoms with Gasteiger partial charge in [-0.15, -0.1) is 0 Å². The number of amides is 1. The molecule has 0 saturated carbocycles. The van der Waals surface area contributed by atoms with Crippen LogP contribution in [0.4, 0.5) is 17.1 Å². The van der Waals surface area contributed by atoms with Gasteiger partial charge < -0.3 is 10.2 Å². The monoisotopic (exact) mass is 366 g/mol. The Kier molecular flexibility index (Phi) is 3.98.